The molecule has 0 saturated heterocycles. The molecule has 20 heavy (non-hydrogen) atoms. The quantitative estimate of drug-likeness (QED) is 0.313. The third-order valence-electron chi connectivity index (χ3n) is 2.18. The molecule has 5 heteroatoms. The van der Waals surface area contributed by atoms with Crippen LogP contribution in [-0.2, 0) is 4.79 Å². The smallest absolute Gasteiger partial charge is 0.232 e. The summed E-state index contributed by atoms with van der Waals surface area (Å²) in [5, 5.41) is 2.72. The average Bonchev–Trinajstić information content (AvgIpc) is 2.42. The van der Waals surface area contributed by atoms with Gasteiger partial charge in [0, 0.05) is 16.6 Å². The normalized spacial score (nSPS) is 14.8. The number of halogens is 2. The first-order valence-electron chi connectivity index (χ1n) is 6.31. The molecule has 0 radical (unpaired) electrons. The topological polar surface area (TPSA) is 41.5 Å². The number of carbonyl (C=O) groups is 1. The van der Waals surface area contributed by atoms with Crippen LogP contribution in [0.5, 0.6) is 0 Å². The molecule has 0 aromatic heterocycles. The van der Waals surface area contributed by atoms with E-state index in [1.165, 1.54) is 6.20 Å². The lowest BCUT2D eigenvalue weighted by atomic mass is 10.1. The number of hydrogen-bond acceptors (Lipinski definition) is 2. The summed E-state index contributed by atoms with van der Waals surface area (Å²) in [6.45, 7) is 7.37. The fraction of sp³-hybridized carbons (Fsp3) is 0.333. The molecule has 0 aliphatic carbocycles. The van der Waals surface area contributed by atoms with Crippen LogP contribution < -0.4 is 5.32 Å². The summed E-state index contributed by atoms with van der Waals surface area (Å²) in [6, 6.07) is 0. The molecule has 0 aromatic carbocycles. The Morgan fingerprint density at radius 3 is 2.70 bits per heavy atom. The fourth-order valence-corrected chi connectivity index (χ4v) is 1.88. The Balaban J connectivity index is 4.72. The van der Waals surface area contributed by atoms with Crippen molar-refractivity contribution in [3.63, 3.8) is 0 Å². The van der Waals surface area contributed by atoms with Crippen molar-refractivity contribution in [2.75, 3.05) is 5.88 Å². The molecule has 0 aliphatic heterocycles. The Morgan fingerprint density at radius 2 is 2.15 bits per heavy atom. The number of carbonyl (C=O) groups excluding carboxylic acids is 1. The highest BCUT2D eigenvalue weighted by atomic mass is 79.9. The van der Waals surface area contributed by atoms with Gasteiger partial charge in [-0.2, -0.15) is 0 Å². The number of allylic oxidation sites excluding steroid dienone is 4. The fourth-order valence-electron chi connectivity index (χ4n) is 1.21. The second-order valence-corrected chi connectivity index (χ2v) is 5.12. The molecule has 110 valence electrons. The van der Waals surface area contributed by atoms with Crippen molar-refractivity contribution in [2.24, 2.45) is 10.9 Å². The van der Waals surface area contributed by atoms with E-state index in [0.717, 1.165) is 10.9 Å². The number of nitrogens with one attached hydrogen (secondary N) is 1. The van der Waals surface area contributed by atoms with Crippen molar-refractivity contribution >= 4 is 39.3 Å². The zero-order valence-corrected chi connectivity index (χ0v) is 14.1. The van der Waals surface area contributed by atoms with Crippen molar-refractivity contribution in [1.82, 2.24) is 5.32 Å². The minimum atomic E-state index is -0.287. The number of alkyl halides is 1. The molecule has 0 heterocycles. The van der Waals surface area contributed by atoms with E-state index in [1.807, 2.05) is 32.1 Å². The molecule has 0 saturated carbocycles. The molecule has 1 amide bonds. The first kappa shape index (κ1) is 18.9. The number of amidine groups is 1. The standard InChI is InChI=1S/C15H20BrClN2O/c1-4-6-8-13(16)11-12(3)15(20)19-14(18-5-2)9-7-10-17/h5-9,11-12H,2,4,10H2,1,3H3,(H,18,19,20)/b8-6-,9-7-,13-11+. The maximum atomic E-state index is 12.0. The molecule has 3 nitrogen and oxygen atoms in total. The molecule has 0 aliphatic rings. The van der Waals surface area contributed by atoms with Gasteiger partial charge >= 0.3 is 0 Å². The number of amides is 1. The van der Waals surface area contributed by atoms with E-state index in [1.54, 1.807) is 12.2 Å². The summed E-state index contributed by atoms with van der Waals surface area (Å²) in [5.74, 6) is 0.345. The predicted octanol–water partition coefficient (Wildman–Crippen LogP) is 4.32. The van der Waals surface area contributed by atoms with E-state index in [9.17, 15) is 4.79 Å². The molecule has 0 spiro atoms. The van der Waals surface area contributed by atoms with Gasteiger partial charge in [-0.25, -0.2) is 4.99 Å². The zero-order chi connectivity index (χ0) is 15.4. The van der Waals surface area contributed by atoms with Gasteiger partial charge in [0.1, 0.15) is 5.84 Å². The van der Waals surface area contributed by atoms with Crippen LogP contribution in [0.15, 0.2) is 52.6 Å². The van der Waals surface area contributed by atoms with E-state index < -0.39 is 0 Å². The van der Waals surface area contributed by atoms with Gasteiger partial charge < -0.3 is 5.32 Å². The van der Waals surface area contributed by atoms with Crippen molar-refractivity contribution < 1.29 is 4.79 Å². The van der Waals surface area contributed by atoms with Crippen molar-refractivity contribution in [3.8, 4) is 0 Å². The van der Waals surface area contributed by atoms with Crippen LogP contribution in [0.2, 0.25) is 0 Å². The molecule has 0 fully saturated rings. The number of rotatable bonds is 7. The highest BCUT2D eigenvalue weighted by Crippen LogP contribution is 2.12. The van der Waals surface area contributed by atoms with E-state index in [2.05, 4.69) is 32.8 Å². The van der Waals surface area contributed by atoms with Crippen molar-refractivity contribution in [2.45, 2.75) is 20.3 Å². The van der Waals surface area contributed by atoms with Gasteiger partial charge in [-0.15, -0.1) is 11.6 Å². The average molecular weight is 360 g/mol. The van der Waals surface area contributed by atoms with Crippen molar-refractivity contribution in [3.05, 3.63) is 47.6 Å². The second kappa shape index (κ2) is 11.7. The van der Waals surface area contributed by atoms with E-state index in [0.29, 0.717) is 11.7 Å². The highest BCUT2D eigenvalue weighted by Gasteiger charge is 2.11. The van der Waals surface area contributed by atoms with Gasteiger partial charge in [-0.1, -0.05) is 60.7 Å². The third kappa shape index (κ3) is 8.88. The lowest BCUT2D eigenvalue weighted by molar-refractivity contribution is -0.121. The van der Waals surface area contributed by atoms with Crippen LogP contribution in [0.4, 0.5) is 0 Å². The van der Waals surface area contributed by atoms with Gasteiger partial charge in [0.25, 0.3) is 0 Å². The highest BCUT2D eigenvalue weighted by molar-refractivity contribution is 9.11. The molecule has 1 unspecified atom stereocenters. The van der Waals surface area contributed by atoms with Gasteiger partial charge in [0.2, 0.25) is 5.91 Å². The zero-order valence-electron chi connectivity index (χ0n) is 11.8. The molecule has 0 aromatic rings. The predicted molar refractivity (Wildman–Crippen MR) is 91.2 cm³/mol. The maximum absolute atomic E-state index is 12.0. The Morgan fingerprint density at radius 1 is 1.45 bits per heavy atom. The number of aliphatic imine (C=N–C) groups is 1. The molecule has 1 atom stereocenters. The monoisotopic (exact) mass is 358 g/mol. The van der Waals surface area contributed by atoms with E-state index in [4.69, 9.17) is 11.6 Å². The first-order valence-corrected chi connectivity index (χ1v) is 7.63. The van der Waals surface area contributed by atoms with Crippen LogP contribution in [0.25, 0.3) is 0 Å². The van der Waals surface area contributed by atoms with Gasteiger partial charge in [-0.3, -0.25) is 4.79 Å². The summed E-state index contributed by atoms with van der Waals surface area (Å²) < 4.78 is 0.875. The van der Waals surface area contributed by atoms with Crippen LogP contribution in [-0.4, -0.2) is 17.6 Å². The molecular formula is C15H20BrClN2O. The Hall–Kier alpha value is -1.13. The van der Waals surface area contributed by atoms with Crippen LogP contribution in [0.3, 0.4) is 0 Å². The Labute approximate surface area is 134 Å². The summed E-state index contributed by atoms with van der Waals surface area (Å²) in [6.07, 6.45) is 11.4. The Bertz CT molecular complexity index is 439. The van der Waals surface area contributed by atoms with Gasteiger partial charge in [0.05, 0.1) is 5.92 Å². The van der Waals surface area contributed by atoms with Gasteiger partial charge in [-0.05, 0) is 12.5 Å². The SMILES string of the molecule is C=CN=C(/C=C\CCl)NC(=O)C(C)/C=C(Br)\C=C/CC. The Kier molecular flexibility index (Phi) is 11.0. The minimum absolute atomic E-state index is 0.147. The lowest BCUT2D eigenvalue weighted by Crippen LogP contribution is -2.33. The van der Waals surface area contributed by atoms with Crippen LogP contribution in [0.1, 0.15) is 20.3 Å². The number of nitrogens with zero attached hydrogens (tertiary/aromatic N) is 1. The first-order chi connectivity index (χ1) is 9.54. The van der Waals surface area contributed by atoms with Crippen LogP contribution >= 0.6 is 27.5 Å². The maximum Gasteiger partial charge on any atom is 0.232 e. The molecule has 0 bridgehead atoms. The van der Waals surface area contributed by atoms with E-state index in [-0.39, 0.29) is 11.8 Å². The largest absolute Gasteiger partial charge is 0.310 e. The molecule has 0 rings (SSSR count). The number of hydrogen-bond donors (Lipinski definition) is 1. The van der Waals surface area contributed by atoms with Crippen molar-refractivity contribution in [1.29, 1.82) is 0 Å². The summed E-state index contributed by atoms with van der Waals surface area (Å²) in [7, 11) is 0. The summed E-state index contributed by atoms with van der Waals surface area (Å²) in [4.78, 5) is 16.0. The summed E-state index contributed by atoms with van der Waals surface area (Å²) in [5.41, 5.74) is 0. The summed E-state index contributed by atoms with van der Waals surface area (Å²) >= 11 is 8.96. The molecule has 1 N–H and O–H groups in total. The molecular weight excluding hydrogens is 340 g/mol. The third-order valence-corrected chi connectivity index (χ3v) is 2.89. The second-order valence-electron chi connectivity index (χ2n) is 3.89. The lowest BCUT2D eigenvalue weighted by Gasteiger charge is -2.08. The van der Waals surface area contributed by atoms with Gasteiger partial charge in [0.15, 0.2) is 0 Å². The minimum Gasteiger partial charge on any atom is -0.310 e. The van der Waals surface area contributed by atoms with Crippen LogP contribution in [0, 0.1) is 5.92 Å². The van der Waals surface area contributed by atoms with E-state index >= 15 is 0 Å².